The summed E-state index contributed by atoms with van der Waals surface area (Å²) in [5.41, 5.74) is 6.17. The van der Waals surface area contributed by atoms with Gasteiger partial charge in [0, 0.05) is 17.8 Å². The largest absolute Gasteiger partial charge is 0.356 e. The van der Waals surface area contributed by atoms with Gasteiger partial charge in [-0.15, -0.1) is 10.2 Å². The van der Waals surface area contributed by atoms with E-state index in [4.69, 9.17) is 0 Å². The fourth-order valence-corrected chi connectivity index (χ4v) is 2.61. The van der Waals surface area contributed by atoms with Crippen molar-refractivity contribution in [3.8, 4) is 5.69 Å². The topological polar surface area (TPSA) is 55.6 Å². The van der Waals surface area contributed by atoms with Crippen molar-refractivity contribution in [2.75, 3.05) is 5.32 Å². The van der Waals surface area contributed by atoms with E-state index in [-0.39, 0.29) is 0 Å². The smallest absolute Gasteiger partial charge is 0.205 e. The van der Waals surface area contributed by atoms with Crippen LogP contribution in [0.5, 0.6) is 0 Å². The first-order valence-corrected chi connectivity index (χ1v) is 7.24. The molecule has 0 fully saturated rings. The number of hydrogen-bond donors (Lipinski definition) is 1. The fraction of sp³-hybridized carbons (Fsp3) is 0.214. The van der Waals surface area contributed by atoms with Crippen molar-refractivity contribution in [2.24, 2.45) is 0 Å². The third-order valence-corrected chi connectivity index (χ3v) is 3.87. The fourth-order valence-electron chi connectivity index (χ4n) is 2.17. The highest BCUT2D eigenvalue weighted by atomic mass is 32.1. The van der Waals surface area contributed by atoms with Crippen LogP contribution in [0.3, 0.4) is 0 Å². The molecule has 0 aliphatic heterocycles. The molecule has 0 bridgehead atoms. The van der Waals surface area contributed by atoms with E-state index >= 15 is 0 Å². The predicted octanol–water partition coefficient (Wildman–Crippen LogP) is 2.95. The zero-order valence-electron chi connectivity index (χ0n) is 11.4. The summed E-state index contributed by atoms with van der Waals surface area (Å²) in [6.07, 6.45) is 0. The maximum atomic E-state index is 4.62. The van der Waals surface area contributed by atoms with Gasteiger partial charge in [0.1, 0.15) is 5.51 Å². The van der Waals surface area contributed by atoms with Crippen molar-refractivity contribution in [1.82, 2.24) is 20.0 Å². The van der Waals surface area contributed by atoms with Gasteiger partial charge < -0.3 is 5.32 Å². The minimum atomic E-state index is 0.708. The molecule has 3 rings (SSSR count). The number of aromatic nitrogens is 4. The summed E-state index contributed by atoms with van der Waals surface area (Å²) in [6.45, 7) is 4.83. The minimum absolute atomic E-state index is 0.708. The Labute approximate surface area is 121 Å². The van der Waals surface area contributed by atoms with E-state index in [9.17, 15) is 0 Å². The first-order valence-electron chi connectivity index (χ1n) is 6.36. The van der Waals surface area contributed by atoms with Gasteiger partial charge in [0.15, 0.2) is 0 Å². The van der Waals surface area contributed by atoms with Crippen LogP contribution in [0.2, 0.25) is 0 Å². The lowest BCUT2D eigenvalue weighted by Crippen LogP contribution is -2.03. The average Bonchev–Trinajstić information content (AvgIpc) is 3.07. The molecule has 0 aliphatic rings. The van der Waals surface area contributed by atoms with Crippen LogP contribution in [0.4, 0.5) is 5.13 Å². The van der Waals surface area contributed by atoms with Crippen LogP contribution < -0.4 is 5.32 Å². The van der Waals surface area contributed by atoms with E-state index in [1.807, 2.05) is 29.8 Å². The minimum Gasteiger partial charge on any atom is -0.356 e. The lowest BCUT2D eigenvalue weighted by Gasteiger charge is -2.05. The number of benzene rings is 1. The summed E-state index contributed by atoms with van der Waals surface area (Å²) >= 11 is 1.50. The average molecular weight is 285 g/mol. The number of nitrogens with one attached hydrogen (secondary N) is 1. The van der Waals surface area contributed by atoms with Crippen molar-refractivity contribution >= 4 is 16.5 Å². The number of aryl methyl sites for hydroxylation is 1. The lowest BCUT2D eigenvalue weighted by molar-refractivity contribution is 0.832. The zero-order chi connectivity index (χ0) is 13.9. The quantitative estimate of drug-likeness (QED) is 0.800. The molecular weight excluding hydrogens is 270 g/mol. The Morgan fingerprint density at radius 2 is 2.00 bits per heavy atom. The summed E-state index contributed by atoms with van der Waals surface area (Å²) in [5.74, 6) is 0. The molecule has 0 aliphatic carbocycles. The van der Waals surface area contributed by atoms with Gasteiger partial charge in [0.2, 0.25) is 5.13 Å². The Morgan fingerprint density at radius 1 is 1.20 bits per heavy atom. The SMILES string of the molecule is Cc1nn(-c2ccccc2)c(C)c1CNc1nncs1. The molecule has 0 spiro atoms. The molecule has 0 radical (unpaired) electrons. The van der Waals surface area contributed by atoms with Gasteiger partial charge in [0.25, 0.3) is 0 Å². The van der Waals surface area contributed by atoms with E-state index in [0.717, 1.165) is 22.2 Å². The van der Waals surface area contributed by atoms with E-state index in [2.05, 4.69) is 39.7 Å². The summed E-state index contributed by atoms with van der Waals surface area (Å²) < 4.78 is 1.98. The highest BCUT2D eigenvalue weighted by Gasteiger charge is 2.12. The molecule has 2 heterocycles. The van der Waals surface area contributed by atoms with Crippen LogP contribution in [0.15, 0.2) is 35.8 Å². The highest BCUT2D eigenvalue weighted by Crippen LogP contribution is 2.19. The number of anilines is 1. The maximum Gasteiger partial charge on any atom is 0.205 e. The Hall–Kier alpha value is -2.21. The highest BCUT2D eigenvalue weighted by molar-refractivity contribution is 7.13. The molecule has 2 aromatic heterocycles. The molecule has 0 atom stereocenters. The second-order valence-corrected chi connectivity index (χ2v) is 5.33. The molecule has 0 saturated carbocycles. The van der Waals surface area contributed by atoms with E-state index < -0.39 is 0 Å². The molecule has 20 heavy (non-hydrogen) atoms. The van der Waals surface area contributed by atoms with E-state index in [0.29, 0.717) is 6.54 Å². The molecule has 5 nitrogen and oxygen atoms in total. The monoisotopic (exact) mass is 285 g/mol. The number of rotatable bonds is 4. The molecule has 0 unspecified atom stereocenters. The molecule has 3 aromatic rings. The van der Waals surface area contributed by atoms with Crippen molar-refractivity contribution in [2.45, 2.75) is 20.4 Å². The number of nitrogens with zero attached hydrogens (tertiary/aromatic N) is 4. The van der Waals surface area contributed by atoms with E-state index in [1.54, 1.807) is 5.51 Å². The third-order valence-electron chi connectivity index (χ3n) is 3.22. The molecular formula is C14H15N5S. The molecule has 0 amide bonds. The summed E-state index contributed by atoms with van der Waals surface area (Å²) in [5, 5.41) is 16.5. The molecule has 102 valence electrons. The van der Waals surface area contributed by atoms with Gasteiger partial charge in [-0.1, -0.05) is 29.5 Å². The molecule has 6 heteroatoms. The van der Waals surface area contributed by atoms with Crippen LogP contribution in [0, 0.1) is 13.8 Å². The van der Waals surface area contributed by atoms with Crippen LogP contribution in [0.1, 0.15) is 17.0 Å². The Balaban J connectivity index is 1.87. The van der Waals surface area contributed by atoms with Gasteiger partial charge in [-0.05, 0) is 26.0 Å². The summed E-state index contributed by atoms with van der Waals surface area (Å²) in [6, 6.07) is 10.2. The van der Waals surface area contributed by atoms with Gasteiger partial charge in [-0.2, -0.15) is 5.10 Å². The molecule has 1 aromatic carbocycles. The number of hydrogen-bond acceptors (Lipinski definition) is 5. The van der Waals surface area contributed by atoms with Gasteiger partial charge in [0.05, 0.1) is 11.4 Å². The zero-order valence-corrected chi connectivity index (χ0v) is 12.2. The standard InChI is InChI=1S/C14H15N5S/c1-10-13(8-15-14-17-16-9-20-14)11(2)19(18-10)12-6-4-3-5-7-12/h3-7,9H,8H2,1-2H3,(H,15,17). The van der Waals surface area contributed by atoms with Gasteiger partial charge in [-0.3, -0.25) is 0 Å². The Morgan fingerprint density at radius 3 is 2.70 bits per heavy atom. The Kier molecular flexibility index (Phi) is 3.47. The normalized spacial score (nSPS) is 10.7. The number of para-hydroxylation sites is 1. The van der Waals surface area contributed by atoms with E-state index in [1.165, 1.54) is 16.9 Å². The first kappa shape index (κ1) is 12.8. The van der Waals surface area contributed by atoms with Crippen molar-refractivity contribution in [1.29, 1.82) is 0 Å². The Bertz CT molecular complexity index is 688. The van der Waals surface area contributed by atoms with Gasteiger partial charge in [-0.25, -0.2) is 4.68 Å². The van der Waals surface area contributed by atoms with Crippen LogP contribution in [-0.4, -0.2) is 20.0 Å². The maximum absolute atomic E-state index is 4.62. The van der Waals surface area contributed by atoms with Crippen LogP contribution in [0.25, 0.3) is 5.69 Å². The second kappa shape index (κ2) is 5.42. The summed E-state index contributed by atoms with van der Waals surface area (Å²) in [7, 11) is 0. The van der Waals surface area contributed by atoms with Crippen molar-refractivity contribution in [3.05, 3.63) is 52.8 Å². The second-order valence-electron chi connectivity index (χ2n) is 4.49. The van der Waals surface area contributed by atoms with Crippen molar-refractivity contribution in [3.63, 3.8) is 0 Å². The lowest BCUT2D eigenvalue weighted by atomic mass is 10.2. The summed E-state index contributed by atoms with van der Waals surface area (Å²) in [4.78, 5) is 0. The molecule has 0 saturated heterocycles. The molecule has 1 N–H and O–H groups in total. The first-order chi connectivity index (χ1) is 9.75. The third kappa shape index (κ3) is 2.42. The van der Waals surface area contributed by atoms with Crippen molar-refractivity contribution < 1.29 is 0 Å². The van der Waals surface area contributed by atoms with Crippen LogP contribution >= 0.6 is 11.3 Å². The van der Waals surface area contributed by atoms with Gasteiger partial charge >= 0.3 is 0 Å². The predicted molar refractivity (Wildman–Crippen MR) is 80.3 cm³/mol. The van der Waals surface area contributed by atoms with Crippen LogP contribution in [-0.2, 0) is 6.54 Å².